The summed E-state index contributed by atoms with van der Waals surface area (Å²) in [6.07, 6.45) is 12.3. The largest absolute Gasteiger partial charge is 0.480 e. The number of rotatable bonds is 7. The summed E-state index contributed by atoms with van der Waals surface area (Å²) in [6.45, 7) is 12.9. The number of carboxylic acids is 1. The van der Waals surface area contributed by atoms with Gasteiger partial charge in [0.2, 0.25) is 0 Å². The minimum Gasteiger partial charge on any atom is -0.480 e. The van der Waals surface area contributed by atoms with Crippen molar-refractivity contribution in [3.05, 3.63) is 73.5 Å². The lowest BCUT2D eigenvalue weighted by molar-refractivity contribution is -0.141. The van der Waals surface area contributed by atoms with Crippen LogP contribution in [0.4, 0.5) is 0 Å². The fourth-order valence-corrected chi connectivity index (χ4v) is 2.02. The van der Waals surface area contributed by atoms with Crippen molar-refractivity contribution in [2.45, 2.75) is 19.4 Å². The van der Waals surface area contributed by atoms with Crippen LogP contribution in [0.2, 0.25) is 0 Å². The van der Waals surface area contributed by atoms with Crippen LogP contribution in [0.25, 0.3) is 0 Å². The molecule has 0 aromatic carbocycles. The van der Waals surface area contributed by atoms with Crippen LogP contribution >= 0.6 is 0 Å². The molecule has 1 heterocycles. The maximum Gasteiger partial charge on any atom is 0.328 e. The average Bonchev–Trinajstić information content (AvgIpc) is 2.89. The third-order valence-electron chi connectivity index (χ3n) is 2.94. The molecule has 0 aromatic heterocycles. The lowest BCUT2D eigenvalue weighted by Crippen LogP contribution is -2.33. The first-order valence-corrected chi connectivity index (χ1v) is 6.59. The zero-order valence-corrected chi connectivity index (χ0v) is 12.2. The highest BCUT2D eigenvalue weighted by molar-refractivity contribution is 6.06. The van der Waals surface area contributed by atoms with Crippen LogP contribution in [0, 0.1) is 0 Å². The summed E-state index contributed by atoms with van der Waals surface area (Å²) in [4.78, 5) is 11.5. The van der Waals surface area contributed by atoms with E-state index in [0.29, 0.717) is 17.8 Å². The Kier molecular flexibility index (Phi) is 6.14. The molecule has 0 spiro atoms. The van der Waals surface area contributed by atoms with Gasteiger partial charge in [-0.1, -0.05) is 50.1 Å². The fourth-order valence-electron chi connectivity index (χ4n) is 2.02. The van der Waals surface area contributed by atoms with Crippen LogP contribution in [0.15, 0.2) is 78.6 Å². The van der Waals surface area contributed by atoms with Gasteiger partial charge in [0.15, 0.2) is 6.04 Å². The number of carbonyl (C=O) groups is 1. The highest BCUT2D eigenvalue weighted by atomic mass is 16.4. The van der Waals surface area contributed by atoms with Gasteiger partial charge >= 0.3 is 5.97 Å². The van der Waals surface area contributed by atoms with Crippen LogP contribution in [0.5, 0.6) is 0 Å². The van der Waals surface area contributed by atoms with Gasteiger partial charge in [0.25, 0.3) is 0 Å². The lowest BCUT2D eigenvalue weighted by Gasteiger charge is -2.20. The Morgan fingerprint density at radius 3 is 2.48 bits per heavy atom. The maximum absolute atomic E-state index is 11.5. The molecule has 0 amide bonds. The highest BCUT2D eigenvalue weighted by Crippen LogP contribution is 2.25. The molecule has 1 aliphatic rings. The van der Waals surface area contributed by atoms with Crippen molar-refractivity contribution in [3.63, 3.8) is 0 Å². The zero-order valence-electron chi connectivity index (χ0n) is 12.2. The minimum absolute atomic E-state index is 0.313. The molecule has 0 saturated carbocycles. The first-order chi connectivity index (χ1) is 10.1. The van der Waals surface area contributed by atoms with Gasteiger partial charge in [-0.25, -0.2) is 4.79 Å². The topological polar surface area (TPSA) is 52.9 Å². The van der Waals surface area contributed by atoms with E-state index >= 15 is 0 Å². The van der Waals surface area contributed by atoms with Crippen LogP contribution in [-0.2, 0) is 4.79 Å². The quantitative estimate of drug-likeness (QED) is 0.728. The molecule has 0 fully saturated rings. The molecule has 110 valence electrons. The normalized spacial score (nSPS) is 19.6. The summed E-state index contributed by atoms with van der Waals surface area (Å²) in [6, 6.07) is -0.740. The lowest BCUT2D eigenvalue weighted by atomic mass is 10.0. The Morgan fingerprint density at radius 1 is 1.33 bits per heavy atom. The van der Waals surface area contributed by atoms with E-state index in [-0.39, 0.29) is 0 Å². The second-order valence-electron chi connectivity index (χ2n) is 4.34. The number of nitrogens with zero attached hydrogens (tertiary/aromatic N) is 2. The van der Waals surface area contributed by atoms with E-state index in [1.165, 1.54) is 5.01 Å². The van der Waals surface area contributed by atoms with Gasteiger partial charge in [-0.3, -0.25) is 5.01 Å². The third kappa shape index (κ3) is 3.92. The number of hydrogen-bond acceptors (Lipinski definition) is 3. The van der Waals surface area contributed by atoms with Gasteiger partial charge in [-0.05, 0) is 24.6 Å². The summed E-state index contributed by atoms with van der Waals surface area (Å²) in [7, 11) is 0. The second kappa shape index (κ2) is 7.85. The summed E-state index contributed by atoms with van der Waals surface area (Å²) in [5.41, 5.74) is 2.13. The van der Waals surface area contributed by atoms with Crippen LogP contribution < -0.4 is 0 Å². The number of hydrogen-bond donors (Lipinski definition) is 1. The second-order valence-corrected chi connectivity index (χ2v) is 4.34. The third-order valence-corrected chi connectivity index (χ3v) is 2.94. The van der Waals surface area contributed by atoms with E-state index in [1.807, 2.05) is 13.0 Å². The van der Waals surface area contributed by atoms with Gasteiger partial charge in [0, 0.05) is 6.42 Å². The number of aliphatic carboxylic acids is 1. The van der Waals surface area contributed by atoms with Crippen LogP contribution in [-0.4, -0.2) is 27.8 Å². The van der Waals surface area contributed by atoms with Crippen LogP contribution in [0.3, 0.4) is 0 Å². The van der Waals surface area contributed by atoms with Gasteiger partial charge in [0.1, 0.15) is 0 Å². The standard InChI is InChI=1S/C17H20N2O2/c1-5-9-13(8-4)15-12-16(17(20)21)19(18-15)14(10-6-2)11-7-3/h5-11,16H,1-2,4,12H2,3H3,(H,20,21)/b11-7-,13-9+,14-10+/t16-/m1/s1. The van der Waals surface area contributed by atoms with E-state index in [9.17, 15) is 9.90 Å². The number of carboxylic acid groups (broad SMARTS) is 1. The molecule has 0 bridgehead atoms. The van der Waals surface area contributed by atoms with Gasteiger partial charge < -0.3 is 5.11 Å². The van der Waals surface area contributed by atoms with E-state index in [1.54, 1.807) is 36.5 Å². The molecule has 0 aliphatic carbocycles. The predicted molar refractivity (Wildman–Crippen MR) is 86.9 cm³/mol. The zero-order chi connectivity index (χ0) is 15.8. The molecule has 1 N–H and O–H groups in total. The van der Waals surface area contributed by atoms with Crippen molar-refractivity contribution in [3.8, 4) is 0 Å². The SMILES string of the molecule is C=C/C=C(\C=C)C1=NN(C(/C=C\C)=C/C=C)[C@@H](C(=O)O)C1. The molecular formula is C17H20N2O2. The van der Waals surface area contributed by atoms with Gasteiger partial charge in [-0.2, -0.15) is 5.10 Å². The van der Waals surface area contributed by atoms with Crippen molar-refractivity contribution < 1.29 is 9.90 Å². The maximum atomic E-state index is 11.5. The van der Waals surface area contributed by atoms with Crippen molar-refractivity contribution in [2.75, 3.05) is 0 Å². The first-order valence-electron chi connectivity index (χ1n) is 6.59. The Labute approximate surface area is 125 Å². The number of hydrazone groups is 1. The van der Waals surface area contributed by atoms with E-state index in [0.717, 1.165) is 5.57 Å². The smallest absolute Gasteiger partial charge is 0.328 e. The molecule has 1 atom stereocenters. The molecule has 1 rings (SSSR count). The molecular weight excluding hydrogens is 264 g/mol. The van der Waals surface area contributed by atoms with Crippen molar-refractivity contribution in [1.82, 2.24) is 5.01 Å². The Hall–Kier alpha value is -2.62. The molecule has 0 radical (unpaired) electrons. The molecule has 21 heavy (non-hydrogen) atoms. The summed E-state index contributed by atoms with van der Waals surface area (Å²) >= 11 is 0. The Morgan fingerprint density at radius 2 is 2.00 bits per heavy atom. The molecule has 4 nitrogen and oxygen atoms in total. The van der Waals surface area contributed by atoms with E-state index in [2.05, 4.69) is 24.8 Å². The molecule has 4 heteroatoms. The molecule has 0 aromatic rings. The fraction of sp³-hybridized carbons (Fsp3) is 0.176. The van der Waals surface area contributed by atoms with E-state index in [4.69, 9.17) is 0 Å². The predicted octanol–water partition coefficient (Wildman–Crippen LogP) is 3.45. The van der Waals surface area contributed by atoms with Crippen molar-refractivity contribution in [2.24, 2.45) is 5.10 Å². The Balaban J connectivity index is 3.27. The van der Waals surface area contributed by atoms with Crippen LogP contribution in [0.1, 0.15) is 13.3 Å². The minimum atomic E-state index is -0.921. The van der Waals surface area contributed by atoms with Crippen molar-refractivity contribution in [1.29, 1.82) is 0 Å². The van der Waals surface area contributed by atoms with Gasteiger partial charge in [-0.15, -0.1) is 0 Å². The molecule has 0 saturated heterocycles. The Bertz CT molecular complexity index is 565. The summed E-state index contributed by atoms with van der Waals surface area (Å²) in [5.74, 6) is -0.921. The average molecular weight is 284 g/mol. The highest BCUT2D eigenvalue weighted by Gasteiger charge is 2.34. The van der Waals surface area contributed by atoms with Gasteiger partial charge in [0.05, 0.1) is 11.4 Å². The van der Waals surface area contributed by atoms with Crippen molar-refractivity contribution >= 4 is 11.7 Å². The monoisotopic (exact) mass is 284 g/mol. The summed E-state index contributed by atoms with van der Waals surface area (Å²) in [5, 5.41) is 15.3. The number of allylic oxidation sites excluding steroid dienone is 8. The summed E-state index contributed by atoms with van der Waals surface area (Å²) < 4.78 is 0. The van der Waals surface area contributed by atoms with E-state index < -0.39 is 12.0 Å². The molecule has 0 unspecified atom stereocenters. The molecule has 1 aliphatic heterocycles. The first kappa shape index (κ1) is 16.4.